The average Bonchev–Trinajstić information content (AvgIpc) is 3.18. The molecule has 27 heavy (non-hydrogen) atoms. The van der Waals surface area contributed by atoms with E-state index in [0.717, 1.165) is 23.9 Å². The number of thiocarbonyl (C=S) groups is 1. The van der Waals surface area contributed by atoms with E-state index in [4.69, 9.17) is 21.7 Å². The first-order chi connectivity index (χ1) is 12.8. The standard InChI is InChI=1S/C18H10F3NO3S2/c19-18(20,21)11-3-1-2-10(6-11)7-15-16(23)22(17(26)27-15)12-4-5-13-14(8-12)25-9-24-13/h1-8H,9H2/b15-7+. The minimum absolute atomic E-state index is 0.104. The molecule has 1 saturated heterocycles. The van der Waals surface area contributed by atoms with Gasteiger partial charge in [0.25, 0.3) is 5.91 Å². The van der Waals surface area contributed by atoms with Crippen LogP contribution >= 0.6 is 24.0 Å². The van der Waals surface area contributed by atoms with Gasteiger partial charge in [0.2, 0.25) is 6.79 Å². The fourth-order valence-corrected chi connectivity index (χ4v) is 3.97. The molecule has 0 saturated carbocycles. The molecule has 9 heteroatoms. The molecule has 1 amide bonds. The summed E-state index contributed by atoms with van der Waals surface area (Å²) < 4.78 is 49.4. The second kappa shape index (κ2) is 6.58. The molecule has 0 N–H and O–H groups in total. The van der Waals surface area contributed by atoms with Crippen LogP contribution in [-0.2, 0) is 11.0 Å². The van der Waals surface area contributed by atoms with E-state index in [1.165, 1.54) is 23.1 Å². The number of rotatable bonds is 2. The number of hydrogen-bond acceptors (Lipinski definition) is 5. The zero-order chi connectivity index (χ0) is 19.2. The van der Waals surface area contributed by atoms with Crippen molar-refractivity contribution in [2.24, 2.45) is 0 Å². The van der Waals surface area contributed by atoms with Crippen molar-refractivity contribution in [3.63, 3.8) is 0 Å². The van der Waals surface area contributed by atoms with Crippen LogP contribution in [-0.4, -0.2) is 17.0 Å². The van der Waals surface area contributed by atoms with E-state index < -0.39 is 17.6 Å². The molecule has 0 aliphatic carbocycles. The zero-order valence-electron chi connectivity index (χ0n) is 13.4. The van der Waals surface area contributed by atoms with Gasteiger partial charge < -0.3 is 9.47 Å². The van der Waals surface area contributed by atoms with Crippen molar-refractivity contribution in [2.75, 3.05) is 11.7 Å². The van der Waals surface area contributed by atoms with Crippen LogP contribution in [0.5, 0.6) is 11.5 Å². The van der Waals surface area contributed by atoms with Crippen LogP contribution in [0.2, 0.25) is 0 Å². The van der Waals surface area contributed by atoms with Crippen LogP contribution in [0.3, 0.4) is 0 Å². The van der Waals surface area contributed by atoms with Gasteiger partial charge in [0, 0.05) is 6.07 Å². The Kier molecular flexibility index (Phi) is 4.35. The molecule has 1 fully saturated rings. The minimum atomic E-state index is -4.45. The Hall–Kier alpha value is -2.52. The highest BCUT2D eigenvalue weighted by Crippen LogP contribution is 2.41. The summed E-state index contributed by atoms with van der Waals surface area (Å²) in [5.74, 6) is 0.674. The molecule has 4 rings (SSSR count). The van der Waals surface area contributed by atoms with Gasteiger partial charge in [0.1, 0.15) is 0 Å². The molecule has 2 aromatic carbocycles. The summed E-state index contributed by atoms with van der Waals surface area (Å²) in [6.07, 6.45) is -3.04. The van der Waals surface area contributed by atoms with Crippen molar-refractivity contribution in [1.82, 2.24) is 0 Å². The van der Waals surface area contributed by atoms with Crippen molar-refractivity contribution >= 4 is 46.0 Å². The molecular formula is C18H10F3NO3S2. The van der Waals surface area contributed by atoms with E-state index in [0.29, 0.717) is 17.2 Å². The molecule has 2 heterocycles. The van der Waals surface area contributed by atoms with Gasteiger partial charge in [-0.1, -0.05) is 36.1 Å². The normalized spacial score (nSPS) is 17.9. The third kappa shape index (κ3) is 3.40. The van der Waals surface area contributed by atoms with Gasteiger partial charge in [-0.3, -0.25) is 9.69 Å². The highest BCUT2D eigenvalue weighted by atomic mass is 32.2. The van der Waals surface area contributed by atoms with Crippen LogP contribution in [0, 0.1) is 0 Å². The third-order valence-corrected chi connectivity index (χ3v) is 5.22. The van der Waals surface area contributed by atoms with Crippen LogP contribution in [0.4, 0.5) is 18.9 Å². The molecule has 0 unspecified atom stereocenters. The number of carbonyl (C=O) groups excluding carboxylic acids is 1. The lowest BCUT2D eigenvalue weighted by atomic mass is 10.1. The number of halogens is 3. The third-order valence-electron chi connectivity index (χ3n) is 3.92. The van der Waals surface area contributed by atoms with Crippen molar-refractivity contribution in [2.45, 2.75) is 6.18 Å². The Bertz CT molecular complexity index is 988. The highest BCUT2D eigenvalue weighted by molar-refractivity contribution is 8.27. The van der Waals surface area contributed by atoms with E-state index >= 15 is 0 Å². The molecule has 0 atom stereocenters. The van der Waals surface area contributed by atoms with Crippen LogP contribution in [0.1, 0.15) is 11.1 Å². The van der Waals surface area contributed by atoms with E-state index in [1.807, 2.05) is 0 Å². The van der Waals surface area contributed by atoms with Crippen molar-refractivity contribution in [1.29, 1.82) is 0 Å². The lowest BCUT2D eigenvalue weighted by molar-refractivity contribution is -0.137. The minimum Gasteiger partial charge on any atom is -0.454 e. The Balaban J connectivity index is 1.64. The van der Waals surface area contributed by atoms with Crippen molar-refractivity contribution in [3.8, 4) is 11.5 Å². The van der Waals surface area contributed by atoms with Gasteiger partial charge in [0.15, 0.2) is 15.8 Å². The van der Waals surface area contributed by atoms with Gasteiger partial charge in [0.05, 0.1) is 16.2 Å². The lowest BCUT2D eigenvalue weighted by Crippen LogP contribution is -2.27. The fourth-order valence-electron chi connectivity index (χ4n) is 2.67. The molecule has 0 bridgehead atoms. The topological polar surface area (TPSA) is 38.8 Å². The summed E-state index contributed by atoms with van der Waals surface area (Å²) >= 11 is 6.31. The number of thioether (sulfide) groups is 1. The summed E-state index contributed by atoms with van der Waals surface area (Å²) in [5, 5.41) is 0. The summed E-state index contributed by atoms with van der Waals surface area (Å²) in [4.78, 5) is 14.3. The molecule has 2 aromatic rings. The maximum absolute atomic E-state index is 12.9. The molecular weight excluding hydrogens is 399 g/mol. The number of anilines is 1. The Labute approximate surface area is 161 Å². The first kappa shape index (κ1) is 17.9. The first-order valence-electron chi connectivity index (χ1n) is 7.68. The number of benzene rings is 2. The molecule has 4 nitrogen and oxygen atoms in total. The van der Waals surface area contributed by atoms with Gasteiger partial charge in [-0.2, -0.15) is 13.2 Å². The Morgan fingerprint density at radius 2 is 1.89 bits per heavy atom. The van der Waals surface area contributed by atoms with Crippen LogP contribution in [0.25, 0.3) is 6.08 Å². The van der Waals surface area contributed by atoms with Gasteiger partial charge in [-0.15, -0.1) is 0 Å². The maximum atomic E-state index is 12.9. The maximum Gasteiger partial charge on any atom is 0.416 e. The van der Waals surface area contributed by atoms with E-state index in [2.05, 4.69) is 0 Å². The molecule has 2 aliphatic heterocycles. The second-order valence-corrected chi connectivity index (χ2v) is 7.35. The van der Waals surface area contributed by atoms with Gasteiger partial charge in [-0.05, 0) is 35.9 Å². The number of fused-ring (bicyclic) bond motifs is 1. The van der Waals surface area contributed by atoms with E-state index in [9.17, 15) is 18.0 Å². The molecule has 0 aromatic heterocycles. The van der Waals surface area contributed by atoms with Crippen molar-refractivity contribution in [3.05, 3.63) is 58.5 Å². The smallest absolute Gasteiger partial charge is 0.416 e. The Morgan fingerprint density at radius 1 is 1.11 bits per heavy atom. The highest BCUT2D eigenvalue weighted by Gasteiger charge is 2.35. The number of hydrogen-bond donors (Lipinski definition) is 0. The van der Waals surface area contributed by atoms with Crippen LogP contribution < -0.4 is 14.4 Å². The van der Waals surface area contributed by atoms with Gasteiger partial charge >= 0.3 is 6.18 Å². The number of alkyl halides is 3. The number of carbonyl (C=O) groups is 1. The van der Waals surface area contributed by atoms with E-state index in [1.54, 1.807) is 18.2 Å². The summed E-state index contributed by atoms with van der Waals surface area (Å²) in [5.41, 5.74) is 0.00713. The Morgan fingerprint density at radius 3 is 2.67 bits per heavy atom. The lowest BCUT2D eigenvalue weighted by Gasteiger charge is -2.14. The zero-order valence-corrected chi connectivity index (χ0v) is 15.1. The fraction of sp³-hybridized carbons (Fsp3) is 0.111. The van der Waals surface area contributed by atoms with Crippen molar-refractivity contribution < 1.29 is 27.4 Å². The molecule has 0 radical (unpaired) electrons. The SMILES string of the molecule is O=C1/C(=C\c2cccc(C(F)(F)F)c2)SC(=S)N1c1ccc2c(c1)OCO2. The average molecular weight is 409 g/mol. The summed E-state index contributed by atoms with van der Waals surface area (Å²) in [6.45, 7) is 0.104. The molecule has 138 valence electrons. The summed E-state index contributed by atoms with van der Waals surface area (Å²) in [7, 11) is 0. The predicted molar refractivity (Wildman–Crippen MR) is 99.7 cm³/mol. The quantitative estimate of drug-likeness (QED) is 0.524. The first-order valence-corrected chi connectivity index (χ1v) is 8.90. The van der Waals surface area contributed by atoms with Gasteiger partial charge in [-0.25, -0.2) is 0 Å². The number of ether oxygens (including phenoxy) is 2. The van der Waals surface area contributed by atoms with E-state index in [-0.39, 0.29) is 21.6 Å². The van der Waals surface area contributed by atoms with Crippen LogP contribution in [0.15, 0.2) is 47.4 Å². The molecule has 2 aliphatic rings. The second-order valence-electron chi connectivity index (χ2n) is 5.68. The predicted octanol–water partition coefficient (Wildman–Crippen LogP) is 4.84. The number of nitrogens with zero attached hydrogens (tertiary/aromatic N) is 1. The molecule has 0 spiro atoms. The monoisotopic (exact) mass is 409 g/mol. The number of amides is 1. The largest absolute Gasteiger partial charge is 0.454 e. The summed E-state index contributed by atoms with van der Waals surface area (Å²) in [6, 6.07) is 9.76.